The second-order valence-corrected chi connectivity index (χ2v) is 3.76. The van der Waals surface area contributed by atoms with E-state index in [-0.39, 0.29) is 6.61 Å². The third-order valence-electron chi connectivity index (χ3n) is 2.48. The fourth-order valence-electron chi connectivity index (χ4n) is 1.53. The maximum atomic E-state index is 8.80. The summed E-state index contributed by atoms with van der Waals surface area (Å²) in [5.41, 5.74) is 2.21. The molecular formula is C14H15NO2. The third kappa shape index (κ3) is 3.57. The summed E-state index contributed by atoms with van der Waals surface area (Å²) in [4.78, 5) is 3.95. The summed E-state index contributed by atoms with van der Waals surface area (Å²) in [5, 5.41) is 8.80. The van der Waals surface area contributed by atoms with Crippen LogP contribution in [-0.2, 0) is 13.0 Å². The molecule has 0 spiro atoms. The number of hydrogen-bond donors (Lipinski definition) is 1. The molecule has 3 nitrogen and oxygen atoms in total. The first-order valence-corrected chi connectivity index (χ1v) is 5.60. The number of benzene rings is 1. The van der Waals surface area contributed by atoms with Gasteiger partial charge < -0.3 is 9.84 Å². The lowest BCUT2D eigenvalue weighted by Crippen LogP contribution is -1.96. The molecule has 0 saturated heterocycles. The zero-order valence-corrected chi connectivity index (χ0v) is 9.54. The van der Waals surface area contributed by atoms with Crippen molar-refractivity contribution in [2.75, 3.05) is 6.61 Å². The number of ether oxygens (including phenoxy) is 1. The first-order chi connectivity index (χ1) is 8.38. The smallest absolute Gasteiger partial charge is 0.119 e. The first kappa shape index (κ1) is 11.6. The average molecular weight is 229 g/mol. The maximum absolute atomic E-state index is 8.80. The number of hydrogen-bond acceptors (Lipinski definition) is 3. The molecule has 88 valence electrons. The molecular weight excluding hydrogens is 214 g/mol. The van der Waals surface area contributed by atoms with E-state index < -0.39 is 0 Å². The van der Waals surface area contributed by atoms with Crippen molar-refractivity contribution in [3.8, 4) is 5.75 Å². The quantitative estimate of drug-likeness (QED) is 0.854. The Morgan fingerprint density at radius 3 is 2.29 bits per heavy atom. The van der Waals surface area contributed by atoms with Gasteiger partial charge in [0.2, 0.25) is 0 Å². The minimum Gasteiger partial charge on any atom is -0.489 e. The second-order valence-electron chi connectivity index (χ2n) is 3.76. The summed E-state index contributed by atoms with van der Waals surface area (Å²) in [6.07, 6.45) is 4.19. The summed E-state index contributed by atoms with van der Waals surface area (Å²) in [6, 6.07) is 11.6. The van der Waals surface area contributed by atoms with Crippen molar-refractivity contribution in [3.05, 3.63) is 59.9 Å². The SMILES string of the molecule is OCCc1ccc(OCc2ccncc2)cc1. The van der Waals surface area contributed by atoms with E-state index in [1.54, 1.807) is 12.4 Å². The van der Waals surface area contributed by atoms with E-state index in [4.69, 9.17) is 9.84 Å². The zero-order valence-electron chi connectivity index (χ0n) is 9.54. The largest absolute Gasteiger partial charge is 0.489 e. The van der Waals surface area contributed by atoms with Gasteiger partial charge >= 0.3 is 0 Å². The predicted molar refractivity (Wildman–Crippen MR) is 65.8 cm³/mol. The van der Waals surface area contributed by atoms with Crippen molar-refractivity contribution in [3.63, 3.8) is 0 Å². The lowest BCUT2D eigenvalue weighted by molar-refractivity contribution is 0.298. The van der Waals surface area contributed by atoms with E-state index in [2.05, 4.69) is 4.98 Å². The number of nitrogens with zero attached hydrogens (tertiary/aromatic N) is 1. The molecule has 0 unspecified atom stereocenters. The summed E-state index contributed by atoms with van der Waals surface area (Å²) < 4.78 is 5.63. The van der Waals surface area contributed by atoms with Crippen molar-refractivity contribution in [1.29, 1.82) is 0 Å². The molecule has 1 heterocycles. The molecule has 0 amide bonds. The molecule has 0 aliphatic carbocycles. The average Bonchev–Trinajstić information content (AvgIpc) is 2.40. The summed E-state index contributed by atoms with van der Waals surface area (Å²) in [5.74, 6) is 0.837. The van der Waals surface area contributed by atoms with Crippen LogP contribution in [0, 0.1) is 0 Å². The van der Waals surface area contributed by atoms with Gasteiger partial charge in [0, 0.05) is 19.0 Å². The summed E-state index contributed by atoms with van der Waals surface area (Å²) >= 11 is 0. The maximum Gasteiger partial charge on any atom is 0.119 e. The van der Waals surface area contributed by atoms with Gasteiger partial charge in [-0.3, -0.25) is 4.98 Å². The highest BCUT2D eigenvalue weighted by atomic mass is 16.5. The number of rotatable bonds is 5. The Kier molecular flexibility index (Phi) is 4.11. The molecule has 2 aromatic rings. The van der Waals surface area contributed by atoms with E-state index in [1.165, 1.54) is 0 Å². The number of pyridine rings is 1. The Bertz CT molecular complexity index is 440. The van der Waals surface area contributed by atoms with Crippen LogP contribution in [0.15, 0.2) is 48.8 Å². The molecule has 0 atom stereocenters. The van der Waals surface area contributed by atoms with Gasteiger partial charge in [-0.1, -0.05) is 12.1 Å². The van der Waals surface area contributed by atoms with Crippen LogP contribution in [0.25, 0.3) is 0 Å². The standard InChI is InChI=1S/C14H15NO2/c16-10-7-12-1-3-14(4-2-12)17-11-13-5-8-15-9-6-13/h1-6,8-9,16H,7,10-11H2. The van der Waals surface area contributed by atoms with E-state index >= 15 is 0 Å². The van der Waals surface area contributed by atoms with Crippen molar-refractivity contribution < 1.29 is 9.84 Å². The molecule has 0 aliphatic rings. The van der Waals surface area contributed by atoms with Gasteiger partial charge in [0.25, 0.3) is 0 Å². The molecule has 0 aliphatic heterocycles. The van der Waals surface area contributed by atoms with Crippen LogP contribution in [0.4, 0.5) is 0 Å². The molecule has 0 fully saturated rings. The van der Waals surface area contributed by atoms with Crippen LogP contribution in [-0.4, -0.2) is 16.7 Å². The fraction of sp³-hybridized carbons (Fsp3) is 0.214. The van der Waals surface area contributed by atoms with Gasteiger partial charge in [-0.15, -0.1) is 0 Å². The number of aliphatic hydroxyl groups is 1. The molecule has 0 radical (unpaired) electrons. The van der Waals surface area contributed by atoms with Crippen LogP contribution in [0.5, 0.6) is 5.75 Å². The molecule has 1 aromatic carbocycles. The van der Waals surface area contributed by atoms with Crippen LogP contribution < -0.4 is 4.74 Å². The van der Waals surface area contributed by atoms with Gasteiger partial charge in [0.1, 0.15) is 12.4 Å². The van der Waals surface area contributed by atoms with Crippen molar-refractivity contribution in [2.45, 2.75) is 13.0 Å². The number of aliphatic hydroxyl groups excluding tert-OH is 1. The van der Waals surface area contributed by atoms with Crippen molar-refractivity contribution >= 4 is 0 Å². The zero-order chi connectivity index (χ0) is 11.9. The Labute approximate surface area is 101 Å². The Balaban J connectivity index is 1.91. The van der Waals surface area contributed by atoms with E-state index in [0.717, 1.165) is 16.9 Å². The highest BCUT2D eigenvalue weighted by Gasteiger charge is 1.96. The molecule has 0 bridgehead atoms. The highest BCUT2D eigenvalue weighted by molar-refractivity contribution is 5.27. The van der Waals surface area contributed by atoms with Gasteiger partial charge in [-0.05, 0) is 41.8 Å². The van der Waals surface area contributed by atoms with Crippen molar-refractivity contribution in [1.82, 2.24) is 4.98 Å². The monoisotopic (exact) mass is 229 g/mol. The van der Waals surface area contributed by atoms with Gasteiger partial charge in [0.05, 0.1) is 0 Å². The second kappa shape index (κ2) is 6.01. The Hall–Kier alpha value is -1.87. The first-order valence-electron chi connectivity index (χ1n) is 5.60. The van der Waals surface area contributed by atoms with Gasteiger partial charge in [-0.25, -0.2) is 0 Å². The highest BCUT2D eigenvalue weighted by Crippen LogP contribution is 2.14. The molecule has 1 aromatic heterocycles. The van der Waals surface area contributed by atoms with Gasteiger partial charge in [0.15, 0.2) is 0 Å². The lowest BCUT2D eigenvalue weighted by Gasteiger charge is -2.06. The van der Waals surface area contributed by atoms with E-state index in [1.807, 2.05) is 36.4 Å². The molecule has 1 N–H and O–H groups in total. The normalized spacial score (nSPS) is 10.2. The molecule has 17 heavy (non-hydrogen) atoms. The van der Waals surface area contributed by atoms with Crippen LogP contribution >= 0.6 is 0 Å². The minimum atomic E-state index is 0.178. The minimum absolute atomic E-state index is 0.178. The molecule has 3 heteroatoms. The van der Waals surface area contributed by atoms with Crippen LogP contribution in [0.3, 0.4) is 0 Å². The lowest BCUT2D eigenvalue weighted by atomic mass is 10.1. The Morgan fingerprint density at radius 1 is 0.941 bits per heavy atom. The molecule has 2 rings (SSSR count). The Morgan fingerprint density at radius 2 is 1.65 bits per heavy atom. The number of aromatic nitrogens is 1. The fourth-order valence-corrected chi connectivity index (χ4v) is 1.53. The van der Waals surface area contributed by atoms with E-state index in [9.17, 15) is 0 Å². The summed E-state index contributed by atoms with van der Waals surface area (Å²) in [7, 11) is 0. The van der Waals surface area contributed by atoms with Crippen LogP contribution in [0.1, 0.15) is 11.1 Å². The van der Waals surface area contributed by atoms with Gasteiger partial charge in [-0.2, -0.15) is 0 Å². The van der Waals surface area contributed by atoms with Crippen LogP contribution in [0.2, 0.25) is 0 Å². The topological polar surface area (TPSA) is 42.4 Å². The third-order valence-corrected chi connectivity index (χ3v) is 2.48. The summed E-state index contributed by atoms with van der Waals surface area (Å²) in [6.45, 7) is 0.721. The molecule has 0 saturated carbocycles. The predicted octanol–water partition coefficient (Wildman–Crippen LogP) is 2.20. The van der Waals surface area contributed by atoms with E-state index in [0.29, 0.717) is 13.0 Å². The van der Waals surface area contributed by atoms with Crippen molar-refractivity contribution in [2.24, 2.45) is 0 Å².